The van der Waals surface area contributed by atoms with Crippen LogP contribution in [0.5, 0.6) is 11.5 Å². The van der Waals surface area contributed by atoms with Gasteiger partial charge in [0.1, 0.15) is 17.0 Å². The van der Waals surface area contributed by atoms with Crippen molar-refractivity contribution in [1.82, 2.24) is 0 Å². The van der Waals surface area contributed by atoms with Crippen LogP contribution in [0.1, 0.15) is 31.1 Å². The van der Waals surface area contributed by atoms with E-state index in [1.165, 1.54) is 0 Å². The van der Waals surface area contributed by atoms with Gasteiger partial charge >= 0.3 is 5.97 Å². The van der Waals surface area contributed by atoms with Crippen molar-refractivity contribution in [3.63, 3.8) is 0 Å². The number of esters is 1. The van der Waals surface area contributed by atoms with Crippen molar-refractivity contribution in [1.29, 1.82) is 0 Å². The van der Waals surface area contributed by atoms with Crippen LogP contribution in [-0.4, -0.2) is 21.8 Å². The van der Waals surface area contributed by atoms with E-state index in [0.29, 0.717) is 0 Å². The predicted molar refractivity (Wildman–Crippen MR) is 54.9 cm³/mol. The number of hydrogen-bond acceptors (Lipinski definition) is 4. The molecule has 0 saturated heterocycles. The number of phenols is 2. The van der Waals surface area contributed by atoms with E-state index in [9.17, 15) is 14.3 Å². The van der Waals surface area contributed by atoms with Crippen LogP contribution >= 0.6 is 0 Å². The molecule has 0 aliphatic rings. The summed E-state index contributed by atoms with van der Waals surface area (Å²) in [7, 11) is 0. The highest BCUT2D eigenvalue weighted by atomic mass is 19.1. The topological polar surface area (TPSA) is 66.8 Å². The summed E-state index contributed by atoms with van der Waals surface area (Å²) in [5, 5.41) is 18.5. The smallest absolute Gasteiger partial charge is 0.345 e. The first-order valence-electron chi connectivity index (χ1n) is 4.66. The number of carbonyl (C=O) groups is 1. The Morgan fingerprint density at radius 2 is 1.88 bits per heavy atom. The van der Waals surface area contributed by atoms with Crippen molar-refractivity contribution in [2.24, 2.45) is 0 Å². The average molecular weight is 228 g/mol. The Morgan fingerprint density at radius 3 is 2.38 bits per heavy atom. The van der Waals surface area contributed by atoms with E-state index in [1.807, 2.05) is 0 Å². The molecule has 0 aliphatic carbocycles. The van der Waals surface area contributed by atoms with Crippen LogP contribution in [0.2, 0.25) is 0 Å². The van der Waals surface area contributed by atoms with Gasteiger partial charge in [-0.15, -0.1) is 0 Å². The molecular weight excluding hydrogens is 215 g/mol. The Balaban J connectivity index is 3.14. The Hall–Kier alpha value is -1.78. The fraction of sp³-hybridized carbons (Fsp3) is 0.364. The molecule has 0 unspecified atom stereocenters. The summed E-state index contributed by atoms with van der Waals surface area (Å²) in [4.78, 5) is 11.5. The fourth-order valence-corrected chi connectivity index (χ4v) is 1.08. The van der Waals surface area contributed by atoms with Crippen molar-refractivity contribution in [3.8, 4) is 11.5 Å². The number of aromatic hydroxyl groups is 2. The van der Waals surface area contributed by atoms with Gasteiger partial charge in [0.15, 0.2) is 11.5 Å². The third-order valence-corrected chi connectivity index (χ3v) is 1.71. The summed E-state index contributed by atoms with van der Waals surface area (Å²) < 4.78 is 18.2. The first-order valence-corrected chi connectivity index (χ1v) is 4.66. The molecule has 0 aliphatic heterocycles. The van der Waals surface area contributed by atoms with Crippen LogP contribution in [0.25, 0.3) is 0 Å². The molecule has 0 fully saturated rings. The van der Waals surface area contributed by atoms with E-state index in [2.05, 4.69) is 0 Å². The summed E-state index contributed by atoms with van der Waals surface area (Å²) in [6.45, 7) is 4.84. The number of halogens is 1. The van der Waals surface area contributed by atoms with Gasteiger partial charge in [0.05, 0.1) is 0 Å². The normalized spacial score (nSPS) is 11.2. The second-order valence-corrected chi connectivity index (χ2v) is 4.29. The molecule has 88 valence electrons. The minimum atomic E-state index is -1.02. The van der Waals surface area contributed by atoms with E-state index in [1.54, 1.807) is 20.8 Å². The van der Waals surface area contributed by atoms with Crippen molar-refractivity contribution in [2.75, 3.05) is 0 Å². The SMILES string of the molecule is CC(C)(C)OC(=O)c1c(F)ccc(O)c1O. The van der Waals surface area contributed by atoms with Gasteiger partial charge < -0.3 is 14.9 Å². The largest absolute Gasteiger partial charge is 0.504 e. The van der Waals surface area contributed by atoms with Crippen molar-refractivity contribution in [3.05, 3.63) is 23.5 Å². The first-order chi connectivity index (χ1) is 7.22. The molecule has 1 aromatic rings. The van der Waals surface area contributed by atoms with Gasteiger partial charge in [-0.3, -0.25) is 0 Å². The molecule has 0 amide bonds. The molecule has 0 spiro atoms. The summed E-state index contributed by atoms with van der Waals surface area (Å²) in [5.74, 6) is -3.33. The first kappa shape index (κ1) is 12.3. The molecule has 1 rings (SSSR count). The quantitative estimate of drug-likeness (QED) is 0.571. The zero-order chi connectivity index (χ0) is 12.5. The second kappa shape index (κ2) is 4.00. The summed E-state index contributed by atoms with van der Waals surface area (Å²) in [6.07, 6.45) is 0. The highest BCUT2D eigenvalue weighted by Crippen LogP contribution is 2.31. The molecule has 0 aromatic heterocycles. The lowest BCUT2D eigenvalue weighted by molar-refractivity contribution is 0.00611. The van der Waals surface area contributed by atoms with Crippen LogP contribution in [0.15, 0.2) is 12.1 Å². The fourth-order valence-electron chi connectivity index (χ4n) is 1.08. The molecule has 16 heavy (non-hydrogen) atoms. The Morgan fingerprint density at radius 1 is 1.31 bits per heavy atom. The van der Waals surface area contributed by atoms with Gasteiger partial charge in [-0.1, -0.05) is 0 Å². The molecule has 0 bridgehead atoms. The zero-order valence-electron chi connectivity index (χ0n) is 9.24. The van der Waals surface area contributed by atoms with E-state index < -0.39 is 34.5 Å². The van der Waals surface area contributed by atoms with Gasteiger partial charge in [-0.25, -0.2) is 9.18 Å². The molecule has 0 radical (unpaired) electrons. The lowest BCUT2D eigenvalue weighted by Crippen LogP contribution is -2.24. The van der Waals surface area contributed by atoms with Crippen LogP contribution in [-0.2, 0) is 4.74 Å². The third-order valence-electron chi connectivity index (χ3n) is 1.71. The monoisotopic (exact) mass is 228 g/mol. The van der Waals surface area contributed by atoms with Crippen molar-refractivity contribution in [2.45, 2.75) is 26.4 Å². The molecule has 0 heterocycles. The van der Waals surface area contributed by atoms with Crippen LogP contribution in [0.3, 0.4) is 0 Å². The lowest BCUT2D eigenvalue weighted by Gasteiger charge is -2.20. The maximum absolute atomic E-state index is 13.3. The highest BCUT2D eigenvalue weighted by molar-refractivity contribution is 5.93. The van der Waals surface area contributed by atoms with Gasteiger partial charge in [0.2, 0.25) is 0 Å². The summed E-state index contributed by atoms with van der Waals surface area (Å²) >= 11 is 0. The van der Waals surface area contributed by atoms with Crippen LogP contribution in [0, 0.1) is 5.82 Å². The maximum Gasteiger partial charge on any atom is 0.345 e. The van der Waals surface area contributed by atoms with Gasteiger partial charge in [-0.05, 0) is 32.9 Å². The zero-order valence-corrected chi connectivity index (χ0v) is 9.24. The number of ether oxygens (including phenoxy) is 1. The standard InChI is InChI=1S/C11H13FO4/c1-11(2,3)16-10(15)8-6(12)4-5-7(13)9(8)14/h4-5,13-14H,1-3H3. The lowest BCUT2D eigenvalue weighted by atomic mass is 10.1. The second-order valence-electron chi connectivity index (χ2n) is 4.29. The predicted octanol–water partition coefficient (Wildman–Crippen LogP) is 2.19. The maximum atomic E-state index is 13.3. The highest BCUT2D eigenvalue weighted by Gasteiger charge is 2.25. The van der Waals surface area contributed by atoms with Gasteiger partial charge in [0, 0.05) is 0 Å². The summed E-state index contributed by atoms with van der Waals surface area (Å²) in [5.41, 5.74) is -1.46. The van der Waals surface area contributed by atoms with E-state index in [4.69, 9.17) is 9.84 Å². The van der Waals surface area contributed by atoms with Gasteiger partial charge in [0.25, 0.3) is 0 Å². The molecule has 0 atom stereocenters. The molecule has 5 heteroatoms. The molecular formula is C11H13FO4. The number of phenolic OH excluding ortho intramolecular Hbond substituents is 2. The Labute approximate surface area is 92.3 Å². The average Bonchev–Trinajstić information content (AvgIpc) is 2.09. The van der Waals surface area contributed by atoms with E-state index >= 15 is 0 Å². The van der Waals surface area contributed by atoms with E-state index in [-0.39, 0.29) is 0 Å². The molecule has 1 aromatic carbocycles. The number of benzene rings is 1. The number of hydrogen-bond donors (Lipinski definition) is 2. The van der Waals surface area contributed by atoms with Gasteiger partial charge in [-0.2, -0.15) is 0 Å². The van der Waals surface area contributed by atoms with Crippen molar-refractivity contribution >= 4 is 5.97 Å². The third kappa shape index (κ3) is 2.62. The Bertz CT molecular complexity index is 421. The minimum Gasteiger partial charge on any atom is -0.504 e. The van der Waals surface area contributed by atoms with E-state index in [0.717, 1.165) is 12.1 Å². The number of rotatable bonds is 1. The molecule has 2 N–H and O–H groups in total. The Kier molecular flexibility index (Phi) is 3.07. The molecule has 4 nitrogen and oxygen atoms in total. The van der Waals surface area contributed by atoms with Crippen LogP contribution in [0.4, 0.5) is 4.39 Å². The minimum absolute atomic E-state index is 0.567. The summed E-state index contributed by atoms with van der Waals surface area (Å²) in [6, 6.07) is 1.84. The van der Waals surface area contributed by atoms with Crippen LogP contribution < -0.4 is 0 Å². The van der Waals surface area contributed by atoms with Crippen molar-refractivity contribution < 1.29 is 24.1 Å². The molecule has 0 saturated carbocycles. The number of carbonyl (C=O) groups excluding carboxylic acids is 1.